The fourth-order valence-electron chi connectivity index (χ4n) is 3.01. The van der Waals surface area contributed by atoms with Gasteiger partial charge in [0, 0.05) is 24.5 Å². The van der Waals surface area contributed by atoms with Crippen molar-refractivity contribution in [3.05, 3.63) is 56.6 Å². The lowest BCUT2D eigenvalue weighted by molar-refractivity contribution is 0.0914. The van der Waals surface area contributed by atoms with Gasteiger partial charge in [0.15, 0.2) is 5.69 Å². The van der Waals surface area contributed by atoms with Crippen LogP contribution in [0, 0.1) is 6.92 Å². The second-order valence-electron chi connectivity index (χ2n) is 6.00. The van der Waals surface area contributed by atoms with E-state index < -0.39 is 11.5 Å². The third kappa shape index (κ3) is 3.42. The van der Waals surface area contributed by atoms with Crippen LogP contribution in [0.25, 0.3) is 0 Å². The Hall–Kier alpha value is -2.77. The number of carbonyl (C=O) groups is 1. The van der Waals surface area contributed by atoms with E-state index in [0.29, 0.717) is 0 Å². The van der Waals surface area contributed by atoms with Gasteiger partial charge < -0.3 is 10.3 Å². The van der Waals surface area contributed by atoms with Crippen molar-refractivity contribution in [2.75, 3.05) is 0 Å². The Morgan fingerprint density at radius 1 is 1.25 bits per heavy atom. The zero-order valence-corrected chi connectivity index (χ0v) is 13.4. The molecular weight excluding hydrogens is 310 g/mol. The lowest BCUT2D eigenvalue weighted by Crippen LogP contribution is -2.41. The quantitative estimate of drug-likeness (QED) is 0.854. The number of aromatic nitrogens is 4. The van der Waals surface area contributed by atoms with Crippen LogP contribution in [0.4, 0.5) is 0 Å². The van der Waals surface area contributed by atoms with Gasteiger partial charge in [-0.15, -0.1) is 0 Å². The Labute approximate surface area is 137 Å². The number of amides is 1. The summed E-state index contributed by atoms with van der Waals surface area (Å²) in [6.45, 7) is 1.85. The van der Waals surface area contributed by atoms with Crippen LogP contribution < -0.4 is 16.4 Å². The molecule has 1 amide bonds. The van der Waals surface area contributed by atoms with Crippen LogP contribution >= 0.6 is 0 Å². The smallest absolute Gasteiger partial charge is 0.279 e. The molecule has 0 aliphatic heterocycles. The van der Waals surface area contributed by atoms with E-state index in [4.69, 9.17) is 0 Å². The molecule has 0 spiro atoms. The number of hydrogen-bond acceptors (Lipinski definition) is 5. The number of H-pyrrole nitrogens is 1. The number of nitrogens with one attached hydrogen (secondary N) is 2. The van der Waals surface area contributed by atoms with E-state index >= 15 is 0 Å². The SMILES string of the molecule is Cc1ccc(=O)n(C2CCC(NC(=O)c3ncc[nH]c3=O)CC2)n1. The topological polar surface area (TPSA) is 110 Å². The van der Waals surface area contributed by atoms with Crippen LogP contribution in [0.15, 0.2) is 34.1 Å². The molecule has 8 nitrogen and oxygen atoms in total. The first-order valence-electron chi connectivity index (χ1n) is 7.95. The van der Waals surface area contributed by atoms with Gasteiger partial charge in [0.05, 0.1) is 11.7 Å². The predicted octanol–water partition coefficient (Wildman–Crippen LogP) is 0.549. The molecule has 1 saturated carbocycles. The summed E-state index contributed by atoms with van der Waals surface area (Å²) in [6, 6.07) is 3.25. The zero-order valence-electron chi connectivity index (χ0n) is 13.4. The molecule has 0 atom stereocenters. The average Bonchev–Trinajstić information content (AvgIpc) is 2.58. The molecule has 2 aromatic heterocycles. The van der Waals surface area contributed by atoms with Crippen LogP contribution in [0.1, 0.15) is 47.9 Å². The maximum absolute atomic E-state index is 12.1. The first kappa shape index (κ1) is 16.1. The summed E-state index contributed by atoms with van der Waals surface area (Å²) in [5, 5.41) is 7.15. The van der Waals surface area contributed by atoms with Crippen LogP contribution in [-0.4, -0.2) is 31.7 Å². The number of carbonyl (C=O) groups excluding carboxylic acids is 1. The van der Waals surface area contributed by atoms with E-state index in [0.717, 1.165) is 31.4 Å². The van der Waals surface area contributed by atoms with Crippen molar-refractivity contribution >= 4 is 5.91 Å². The van der Waals surface area contributed by atoms with Gasteiger partial charge in [-0.1, -0.05) is 0 Å². The molecule has 24 heavy (non-hydrogen) atoms. The molecule has 1 fully saturated rings. The minimum absolute atomic E-state index is 0.0318. The molecule has 0 radical (unpaired) electrons. The summed E-state index contributed by atoms with van der Waals surface area (Å²) in [7, 11) is 0. The zero-order chi connectivity index (χ0) is 17.1. The van der Waals surface area contributed by atoms with Crippen molar-refractivity contribution in [1.82, 2.24) is 25.1 Å². The van der Waals surface area contributed by atoms with Gasteiger partial charge in [-0.25, -0.2) is 9.67 Å². The second-order valence-corrected chi connectivity index (χ2v) is 6.00. The molecule has 0 saturated heterocycles. The molecule has 1 aliphatic carbocycles. The number of rotatable bonds is 3. The van der Waals surface area contributed by atoms with E-state index in [1.165, 1.54) is 23.1 Å². The number of aryl methyl sites for hydroxylation is 1. The molecule has 2 aromatic rings. The molecule has 2 N–H and O–H groups in total. The minimum atomic E-state index is -0.501. The van der Waals surface area contributed by atoms with Gasteiger partial charge in [0.25, 0.3) is 17.0 Å². The van der Waals surface area contributed by atoms with Crippen molar-refractivity contribution in [2.45, 2.75) is 44.7 Å². The summed E-state index contributed by atoms with van der Waals surface area (Å²) < 4.78 is 1.54. The first-order chi connectivity index (χ1) is 11.5. The molecule has 0 aromatic carbocycles. The van der Waals surface area contributed by atoms with Crippen molar-refractivity contribution in [1.29, 1.82) is 0 Å². The largest absolute Gasteiger partial charge is 0.348 e. The Morgan fingerprint density at radius 3 is 2.71 bits per heavy atom. The van der Waals surface area contributed by atoms with Gasteiger partial charge in [-0.2, -0.15) is 5.10 Å². The molecule has 8 heteroatoms. The molecule has 0 bridgehead atoms. The van der Waals surface area contributed by atoms with Gasteiger partial charge in [-0.3, -0.25) is 14.4 Å². The van der Waals surface area contributed by atoms with Crippen LogP contribution in [0.5, 0.6) is 0 Å². The van der Waals surface area contributed by atoms with Gasteiger partial charge in [0.2, 0.25) is 0 Å². The fraction of sp³-hybridized carbons (Fsp3) is 0.438. The normalized spacial score (nSPS) is 20.5. The van der Waals surface area contributed by atoms with Gasteiger partial charge in [-0.05, 0) is 38.7 Å². The van der Waals surface area contributed by atoms with Crippen LogP contribution in [0.3, 0.4) is 0 Å². The maximum Gasteiger partial charge on any atom is 0.279 e. The van der Waals surface area contributed by atoms with Gasteiger partial charge >= 0.3 is 0 Å². The minimum Gasteiger partial charge on any atom is -0.348 e. The van der Waals surface area contributed by atoms with Crippen molar-refractivity contribution in [2.24, 2.45) is 0 Å². The lowest BCUT2D eigenvalue weighted by Gasteiger charge is -2.29. The molecular formula is C16H19N5O3. The van der Waals surface area contributed by atoms with Crippen molar-refractivity contribution < 1.29 is 4.79 Å². The van der Waals surface area contributed by atoms with E-state index in [9.17, 15) is 14.4 Å². The van der Waals surface area contributed by atoms with E-state index in [-0.39, 0.29) is 23.3 Å². The number of aromatic amines is 1. The predicted molar refractivity (Wildman–Crippen MR) is 86.9 cm³/mol. The average molecular weight is 329 g/mol. The molecule has 0 unspecified atom stereocenters. The van der Waals surface area contributed by atoms with E-state index in [2.05, 4.69) is 20.4 Å². The number of hydrogen-bond donors (Lipinski definition) is 2. The molecule has 1 aliphatic rings. The van der Waals surface area contributed by atoms with Crippen LogP contribution in [-0.2, 0) is 0 Å². The summed E-state index contributed by atoms with van der Waals surface area (Å²) >= 11 is 0. The van der Waals surface area contributed by atoms with Crippen molar-refractivity contribution in [3.63, 3.8) is 0 Å². The highest BCUT2D eigenvalue weighted by atomic mass is 16.2. The van der Waals surface area contributed by atoms with E-state index in [1.54, 1.807) is 6.07 Å². The van der Waals surface area contributed by atoms with Gasteiger partial charge in [0.1, 0.15) is 0 Å². The summed E-state index contributed by atoms with van der Waals surface area (Å²) in [6.07, 6.45) is 5.71. The Balaban J connectivity index is 1.62. The van der Waals surface area contributed by atoms with E-state index in [1.807, 2.05) is 6.92 Å². The molecule has 2 heterocycles. The summed E-state index contributed by atoms with van der Waals surface area (Å²) in [4.78, 5) is 41.9. The standard InChI is InChI=1S/C16H19N5O3/c1-10-2-7-13(22)21(20-10)12-5-3-11(4-6-12)19-16(24)14-15(23)18-9-8-17-14/h2,7-9,11-12H,3-6H2,1H3,(H,18,23)(H,19,24). The highest BCUT2D eigenvalue weighted by molar-refractivity contribution is 5.92. The Bertz CT molecular complexity index is 849. The first-order valence-corrected chi connectivity index (χ1v) is 7.95. The number of nitrogens with zero attached hydrogens (tertiary/aromatic N) is 3. The maximum atomic E-state index is 12.1. The fourth-order valence-corrected chi connectivity index (χ4v) is 3.01. The third-order valence-corrected chi connectivity index (χ3v) is 4.26. The molecule has 126 valence electrons. The second kappa shape index (κ2) is 6.77. The summed E-state index contributed by atoms with van der Waals surface area (Å²) in [5.41, 5.74) is 0.0721. The lowest BCUT2D eigenvalue weighted by atomic mass is 9.91. The van der Waals surface area contributed by atoms with Crippen molar-refractivity contribution in [3.8, 4) is 0 Å². The van der Waals surface area contributed by atoms with Crippen LogP contribution in [0.2, 0.25) is 0 Å². The Kier molecular flexibility index (Phi) is 4.54. The monoisotopic (exact) mass is 329 g/mol. The summed E-state index contributed by atoms with van der Waals surface area (Å²) in [5.74, 6) is -0.467. The highest BCUT2D eigenvalue weighted by Crippen LogP contribution is 2.26. The third-order valence-electron chi connectivity index (χ3n) is 4.26. The molecule has 3 rings (SSSR count). The highest BCUT2D eigenvalue weighted by Gasteiger charge is 2.25. The Morgan fingerprint density at radius 2 is 2.00 bits per heavy atom.